The van der Waals surface area contributed by atoms with Gasteiger partial charge in [0.15, 0.2) is 0 Å². The van der Waals surface area contributed by atoms with Gasteiger partial charge in [0.05, 0.1) is 22.2 Å². The Hall–Kier alpha value is -3.61. The van der Waals surface area contributed by atoms with E-state index in [4.69, 9.17) is 16.6 Å². The predicted molar refractivity (Wildman–Crippen MR) is 147 cm³/mol. The van der Waals surface area contributed by atoms with Crippen LogP contribution >= 0.6 is 11.6 Å². The van der Waals surface area contributed by atoms with Gasteiger partial charge in [-0.05, 0) is 67.7 Å². The van der Waals surface area contributed by atoms with Gasteiger partial charge < -0.3 is 20.2 Å². The third-order valence-electron chi connectivity index (χ3n) is 7.81. The number of halogens is 1. The molecule has 1 atom stereocenters. The number of hydrogen-bond acceptors (Lipinski definition) is 4. The summed E-state index contributed by atoms with van der Waals surface area (Å²) in [7, 11) is 0. The summed E-state index contributed by atoms with van der Waals surface area (Å²) in [5.74, 6) is 1.17. The lowest BCUT2D eigenvalue weighted by molar-refractivity contribution is 0.0976. The third-order valence-corrected chi connectivity index (χ3v) is 8.14. The van der Waals surface area contributed by atoms with Crippen LogP contribution in [0, 0.1) is 5.92 Å². The number of aromatic nitrogens is 3. The summed E-state index contributed by atoms with van der Waals surface area (Å²) in [6.07, 6.45) is 2.37. The summed E-state index contributed by atoms with van der Waals surface area (Å²) in [6, 6.07) is 22.1. The number of H-pyrrole nitrogens is 2. The molecule has 3 N–H and O–H groups in total. The molecule has 180 valence electrons. The van der Waals surface area contributed by atoms with Crippen molar-refractivity contribution in [2.45, 2.75) is 18.9 Å². The number of benzene rings is 3. The van der Waals surface area contributed by atoms with E-state index in [0.29, 0.717) is 22.3 Å². The highest BCUT2D eigenvalue weighted by molar-refractivity contribution is 6.33. The van der Waals surface area contributed by atoms with Crippen molar-refractivity contribution < 1.29 is 0 Å². The third kappa shape index (κ3) is 3.60. The Labute approximate surface area is 213 Å². The lowest BCUT2D eigenvalue weighted by Crippen LogP contribution is -2.53. The summed E-state index contributed by atoms with van der Waals surface area (Å²) in [5, 5.41) is 5.50. The minimum atomic E-state index is -0.157. The zero-order valence-electron chi connectivity index (χ0n) is 19.7. The highest BCUT2D eigenvalue weighted by atomic mass is 35.5. The van der Waals surface area contributed by atoms with Crippen LogP contribution < -0.4 is 10.9 Å². The zero-order chi connectivity index (χ0) is 24.2. The van der Waals surface area contributed by atoms with Crippen molar-refractivity contribution in [1.82, 2.24) is 19.9 Å². The average Bonchev–Trinajstić information content (AvgIpc) is 3.33. The van der Waals surface area contributed by atoms with E-state index >= 15 is 0 Å². The molecule has 5 heterocycles. The molecule has 3 aromatic carbocycles. The summed E-state index contributed by atoms with van der Waals surface area (Å²) in [5.41, 5.74) is 5.73. The van der Waals surface area contributed by atoms with Crippen molar-refractivity contribution in [3.05, 3.63) is 82.1 Å². The molecular formula is C29H26ClN5O. The topological polar surface area (TPSA) is 76.8 Å². The Balaban J connectivity index is 1.46. The largest absolute Gasteiger partial charge is 0.379 e. The molecule has 3 fully saturated rings. The second kappa shape index (κ2) is 8.50. The normalized spacial score (nSPS) is 21.3. The molecule has 8 rings (SSSR count). The first-order chi connectivity index (χ1) is 17.6. The molecule has 0 radical (unpaired) electrons. The Morgan fingerprint density at radius 3 is 2.53 bits per heavy atom. The lowest BCUT2D eigenvalue weighted by Gasteiger charge is -2.45. The van der Waals surface area contributed by atoms with Gasteiger partial charge in [0.25, 0.3) is 5.56 Å². The Kier molecular flexibility index (Phi) is 5.11. The molecule has 0 amide bonds. The maximum Gasteiger partial charge on any atom is 0.261 e. The van der Waals surface area contributed by atoms with Gasteiger partial charge in [0, 0.05) is 28.6 Å². The number of fused-ring (bicyclic) bond motifs is 5. The Morgan fingerprint density at radius 2 is 1.75 bits per heavy atom. The fourth-order valence-electron chi connectivity index (χ4n) is 5.92. The number of para-hydroxylation sites is 2. The van der Waals surface area contributed by atoms with Gasteiger partial charge in [-0.25, -0.2) is 4.98 Å². The first-order valence-electron chi connectivity index (χ1n) is 12.5. The van der Waals surface area contributed by atoms with E-state index in [1.807, 2.05) is 60.7 Å². The molecule has 5 aromatic rings. The van der Waals surface area contributed by atoms with Crippen LogP contribution in [0.2, 0.25) is 5.02 Å². The molecule has 3 aliphatic heterocycles. The van der Waals surface area contributed by atoms with Crippen molar-refractivity contribution in [2.75, 3.05) is 25.0 Å². The van der Waals surface area contributed by atoms with Crippen LogP contribution in [-0.4, -0.2) is 45.5 Å². The molecule has 7 heteroatoms. The maximum atomic E-state index is 13.6. The van der Waals surface area contributed by atoms with Crippen LogP contribution in [-0.2, 0) is 0 Å². The minimum absolute atomic E-state index is 0.157. The lowest BCUT2D eigenvalue weighted by atomic mass is 9.83. The number of aromatic amines is 2. The Morgan fingerprint density at radius 1 is 0.944 bits per heavy atom. The van der Waals surface area contributed by atoms with E-state index < -0.39 is 0 Å². The molecule has 6 nitrogen and oxygen atoms in total. The number of nitrogens with one attached hydrogen (secondary N) is 3. The summed E-state index contributed by atoms with van der Waals surface area (Å²) < 4.78 is 0. The van der Waals surface area contributed by atoms with Gasteiger partial charge in [-0.1, -0.05) is 48.0 Å². The maximum absolute atomic E-state index is 13.6. The van der Waals surface area contributed by atoms with E-state index in [1.165, 1.54) is 12.8 Å². The molecule has 3 aliphatic rings. The van der Waals surface area contributed by atoms with E-state index in [9.17, 15) is 4.79 Å². The first kappa shape index (κ1) is 21.7. The molecule has 2 aromatic heterocycles. The van der Waals surface area contributed by atoms with Crippen LogP contribution in [0.1, 0.15) is 12.8 Å². The summed E-state index contributed by atoms with van der Waals surface area (Å²) in [6.45, 7) is 3.31. The van der Waals surface area contributed by atoms with Crippen molar-refractivity contribution in [3.8, 4) is 22.5 Å². The number of anilines is 1. The fraction of sp³-hybridized carbons (Fsp3) is 0.241. The molecule has 0 aliphatic carbocycles. The van der Waals surface area contributed by atoms with Gasteiger partial charge in [-0.3, -0.25) is 4.79 Å². The molecule has 0 saturated carbocycles. The predicted octanol–water partition coefficient (Wildman–Crippen LogP) is 5.90. The average molecular weight is 496 g/mol. The number of rotatable bonds is 4. The van der Waals surface area contributed by atoms with E-state index in [2.05, 4.69) is 26.3 Å². The molecule has 2 bridgehead atoms. The molecular weight excluding hydrogens is 470 g/mol. The highest BCUT2D eigenvalue weighted by Gasteiger charge is 2.35. The number of nitrogens with zero attached hydrogens (tertiary/aromatic N) is 2. The van der Waals surface area contributed by atoms with Crippen LogP contribution in [0.4, 0.5) is 5.69 Å². The fourth-order valence-corrected chi connectivity index (χ4v) is 6.16. The van der Waals surface area contributed by atoms with E-state index in [0.717, 1.165) is 58.4 Å². The number of piperidine rings is 3. The van der Waals surface area contributed by atoms with Crippen molar-refractivity contribution in [1.29, 1.82) is 0 Å². The van der Waals surface area contributed by atoms with Gasteiger partial charge in [-0.15, -0.1) is 0 Å². The van der Waals surface area contributed by atoms with E-state index in [-0.39, 0.29) is 11.6 Å². The van der Waals surface area contributed by atoms with Crippen LogP contribution in [0.15, 0.2) is 71.5 Å². The first-order valence-corrected chi connectivity index (χ1v) is 12.9. The van der Waals surface area contributed by atoms with Gasteiger partial charge >= 0.3 is 0 Å². The van der Waals surface area contributed by atoms with Crippen molar-refractivity contribution in [2.24, 2.45) is 5.92 Å². The molecule has 0 spiro atoms. The number of pyridine rings is 1. The standard InChI is InChI=1S/C29H26ClN5O/c30-21-6-2-1-5-19(21)18-9-10-22-20(15-18)27(31-25-16-35-13-11-17(25)12-14-35)26(29(36)34-22)28-32-23-7-3-4-8-24(23)33-28/h1-10,15,17,25H,11-14,16H2,(H,32,33)(H2,31,34,36)/t25-/m1/s1. The quantitative estimate of drug-likeness (QED) is 0.290. The summed E-state index contributed by atoms with van der Waals surface area (Å²) in [4.78, 5) is 27.4. The van der Waals surface area contributed by atoms with Crippen LogP contribution in [0.5, 0.6) is 0 Å². The van der Waals surface area contributed by atoms with Gasteiger partial charge in [0.2, 0.25) is 0 Å². The SMILES string of the molecule is O=c1[nH]c2ccc(-c3ccccc3Cl)cc2c(N[C@@H]2CN3CCC2CC3)c1-c1nc2ccccc2[nH]1. The summed E-state index contributed by atoms with van der Waals surface area (Å²) >= 11 is 6.55. The highest BCUT2D eigenvalue weighted by Crippen LogP contribution is 2.38. The van der Waals surface area contributed by atoms with Crippen molar-refractivity contribution >= 4 is 39.2 Å². The molecule has 0 unspecified atom stereocenters. The minimum Gasteiger partial charge on any atom is -0.379 e. The molecule has 3 saturated heterocycles. The number of hydrogen-bond donors (Lipinski definition) is 3. The van der Waals surface area contributed by atoms with Gasteiger partial charge in [-0.2, -0.15) is 0 Å². The monoisotopic (exact) mass is 495 g/mol. The van der Waals surface area contributed by atoms with Gasteiger partial charge in [0.1, 0.15) is 11.4 Å². The smallest absolute Gasteiger partial charge is 0.261 e. The van der Waals surface area contributed by atoms with Crippen LogP contribution in [0.25, 0.3) is 44.5 Å². The Bertz CT molecular complexity index is 1630. The second-order valence-electron chi connectivity index (χ2n) is 9.94. The van der Waals surface area contributed by atoms with Crippen molar-refractivity contribution in [3.63, 3.8) is 0 Å². The number of imidazole rings is 1. The molecule has 36 heavy (non-hydrogen) atoms. The second-order valence-corrected chi connectivity index (χ2v) is 10.3. The van der Waals surface area contributed by atoms with E-state index in [1.54, 1.807) is 0 Å². The zero-order valence-corrected chi connectivity index (χ0v) is 20.5. The van der Waals surface area contributed by atoms with Crippen LogP contribution in [0.3, 0.4) is 0 Å².